The number of anilines is 1. The molecule has 2 aromatic carbocycles. The third kappa shape index (κ3) is 4.14. The van der Waals surface area contributed by atoms with Gasteiger partial charge in [-0.15, -0.1) is 6.58 Å². The number of likely N-dealkylation sites (N-methyl/N-ethyl adjacent to an activating group) is 1. The van der Waals surface area contributed by atoms with Crippen LogP contribution in [0.3, 0.4) is 0 Å². The van der Waals surface area contributed by atoms with E-state index in [-0.39, 0.29) is 23.8 Å². The minimum atomic E-state index is -3.55. The van der Waals surface area contributed by atoms with Gasteiger partial charge in [-0.2, -0.15) is 4.31 Å². The third-order valence-corrected chi connectivity index (χ3v) is 5.67. The second-order valence-electron chi connectivity index (χ2n) is 5.15. The second-order valence-corrected chi connectivity index (χ2v) is 7.60. The summed E-state index contributed by atoms with van der Waals surface area (Å²) in [6, 6.07) is 10.8. The lowest BCUT2D eigenvalue weighted by Crippen LogP contribution is -2.26. The van der Waals surface area contributed by atoms with Gasteiger partial charge < -0.3 is 5.32 Å². The van der Waals surface area contributed by atoms with Crippen LogP contribution in [0, 0.1) is 5.82 Å². The molecule has 0 atom stereocenters. The largest absolute Gasteiger partial charge is 0.381 e. The zero-order valence-electron chi connectivity index (χ0n) is 13.2. The van der Waals surface area contributed by atoms with E-state index in [2.05, 4.69) is 11.9 Å². The number of benzene rings is 2. The molecule has 0 spiro atoms. The molecule has 0 amide bonds. The van der Waals surface area contributed by atoms with Crippen molar-refractivity contribution in [1.29, 1.82) is 0 Å². The molecule has 0 saturated carbocycles. The van der Waals surface area contributed by atoms with Gasteiger partial charge in [-0.3, -0.25) is 0 Å². The molecule has 0 aliphatic carbocycles. The van der Waals surface area contributed by atoms with Crippen LogP contribution in [-0.2, 0) is 16.6 Å². The normalized spacial score (nSPS) is 11.5. The molecule has 0 aliphatic heterocycles. The van der Waals surface area contributed by atoms with Gasteiger partial charge in [0, 0.05) is 36.4 Å². The molecule has 0 heterocycles. The zero-order valence-corrected chi connectivity index (χ0v) is 14.7. The molecule has 1 N–H and O–H groups in total. The topological polar surface area (TPSA) is 49.4 Å². The van der Waals surface area contributed by atoms with Crippen LogP contribution in [0.4, 0.5) is 10.1 Å². The monoisotopic (exact) mass is 368 g/mol. The number of nitrogens with zero attached hydrogens (tertiary/aromatic N) is 1. The molecule has 24 heavy (non-hydrogen) atoms. The van der Waals surface area contributed by atoms with Crippen LogP contribution in [0.25, 0.3) is 0 Å². The Hall–Kier alpha value is -1.89. The average molecular weight is 369 g/mol. The fourth-order valence-corrected chi connectivity index (χ4v) is 3.47. The maximum Gasteiger partial charge on any atom is 0.243 e. The highest BCUT2D eigenvalue weighted by atomic mass is 35.5. The summed E-state index contributed by atoms with van der Waals surface area (Å²) >= 11 is 5.97. The highest BCUT2D eigenvalue weighted by molar-refractivity contribution is 7.89. The number of nitrogens with one attached hydrogen (secondary N) is 1. The fourth-order valence-electron chi connectivity index (χ4n) is 2.10. The molecule has 7 heteroatoms. The molecule has 4 nitrogen and oxygen atoms in total. The summed E-state index contributed by atoms with van der Waals surface area (Å²) in [5.74, 6) is -0.389. The van der Waals surface area contributed by atoms with Crippen molar-refractivity contribution in [2.24, 2.45) is 0 Å². The van der Waals surface area contributed by atoms with Gasteiger partial charge in [-0.1, -0.05) is 23.7 Å². The quantitative estimate of drug-likeness (QED) is 0.754. The Bertz CT molecular complexity index is 803. The van der Waals surface area contributed by atoms with E-state index >= 15 is 0 Å². The Morgan fingerprint density at radius 1 is 1.25 bits per heavy atom. The van der Waals surface area contributed by atoms with Crippen molar-refractivity contribution in [3.8, 4) is 0 Å². The number of sulfonamides is 1. The van der Waals surface area contributed by atoms with E-state index in [0.717, 1.165) is 0 Å². The summed E-state index contributed by atoms with van der Waals surface area (Å²) in [6.07, 6.45) is 1.52. The Kier molecular flexibility index (Phi) is 5.99. The van der Waals surface area contributed by atoms with Gasteiger partial charge in [-0.05, 0) is 36.4 Å². The van der Waals surface area contributed by atoms with Gasteiger partial charge in [-0.25, -0.2) is 12.8 Å². The predicted octanol–water partition coefficient (Wildman–Crippen LogP) is 3.90. The Morgan fingerprint density at radius 2 is 1.92 bits per heavy atom. The van der Waals surface area contributed by atoms with Crippen LogP contribution in [0.2, 0.25) is 5.02 Å². The molecular formula is C17H18ClFN2O2S. The molecule has 128 valence electrons. The van der Waals surface area contributed by atoms with Gasteiger partial charge in [0.15, 0.2) is 0 Å². The van der Waals surface area contributed by atoms with Gasteiger partial charge >= 0.3 is 0 Å². The summed E-state index contributed by atoms with van der Waals surface area (Å²) in [5, 5.41) is 3.37. The summed E-state index contributed by atoms with van der Waals surface area (Å²) in [7, 11) is -2.06. The Balaban J connectivity index is 2.11. The Labute approximate surface area is 146 Å². The number of halogens is 2. The maximum absolute atomic E-state index is 13.7. The minimum Gasteiger partial charge on any atom is -0.381 e. The third-order valence-electron chi connectivity index (χ3n) is 3.48. The minimum absolute atomic E-state index is 0.182. The van der Waals surface area contributed by atoms with Crippen LogP contribution < -0.4 is 5.32 Å². The molecule has 0 saturated heterocycles. The van der Waals surface area contributed by atoms with Crippen LogP contribution in [0.1, 0.15) is 5.56 Å². The summed E-state index contributed by atoms with van der Waals surface area (Å²) in [6.45, 7) is 3.96. The number of rotatable bonds is 7. The standard InChI is InChI=1S/C17H18ClFN2O2S/c1-3-11-21(2)24(22,23)14-9-7-13(8-10-14)20-12-15-16(18)5-4-6-17(15)19/h3-10,20H,1,11-12H2,2H3. The van der Waals surface area contributed by atoms with Crippen molar-refractivity contribution in [3.05, 3.63) is 71.5 Å². The molecule has 2 aromatic rings. The molecule has 0 aromatic heterocycles. The van der Waals surface area contributed by atoms with Crippen molar-refractivity contribution in [3.63, 3.8) is 0 Å². The molecule has 2 rings (SSSR count). The first-order chi connectivity index (χ1) is 11.4. The highest BCUT2D eigenvalue weighted by Gasteiger charge is 2.19. The van der Waals surface area contributed by atoms with E-state index in [1.165, 1.54) is 35.6 Å². The molecule has 0 aliphatic rings. The van der Waals surface area contributed by atoms with Gasteiger partial charge in [0.1, 0.15) is 5.82 Å². The summed E-state index contributed by atoms with van der Waals surface area (Å²) in [5.41, 5.74) is 1.03. The van der Waals surface area contributed by atoms with Gasteiger partial charge in [0.05, 0.1) is 4.90 Å². The van der Waals surface area contributed by atoms with Crippen LogP contribution in [0.15, 0.2) is 60.0 Å². The van der Waals surface area contributed by atoms with E-state index in [4.69, 9.17) is 11.6 Å². The number of hydrogen-bond donors (Lipinski definition) is 1. The van der Waals surface area contributed by atoms with Gasteiger partial charge in [0.2, 0.25) is 10.0 Å². The lowest BCUT2D eigenvalue weighted by molar-refractivity contribution is 0.499. The summed E-state index contributed by atoms with van der Waals surface area (Å²) in [4.78, 5) is 0.182. The highest BCUT2D eigenvalue weighted by Crippen LogP contribution is 2.22. The van der Waals surface area contributed by atoms with Crippen LogP contribution in [0.5, 0.6) is 0 Å². The number of hydrogen-bond acceptors (Lipinski definition) is 3. The van der Waals surface area contributed by atoms with E-state index in [9.17, 15) is 12.8 Å². The zero-order chi connectivity index (χ0) is 17.7. The predicted molar refractivity (Wildman–Crippen MR) is 95.2 cm³/mol. The smallest absolute Gasteiger partial charge is 0.243 e. The average Bonchev–Trinajstić information content (AvgIpc) is 2.55. The second kappa shape index (κ2) is 7.79. The Morgan fingerprint density at radius 3 is 2.50 bits per heavy atom. The molecule has 0 bridgehead atoms. The van der Waals surface area contributed by atoms with E-state index in [1.54, 1.807) is 24.3 Å². The first-order valence-corrected chi connectivity index (χ1v) is 9.02. The summed E-state index contributed by atoms with van der Waals surface area (Å²) < 4.78 is 39.5. The first kappa shape index (κ1) is 18.4. The van der Waals surface area contributed by atoms with Crippen molar-refractivity contribution < 1.29 is 12.8 Å². The van der Waals surface area contributed by atoms with Crippen LogP contribution in [-0.4, -0.2) is 26.3 Å². The van der Waals surface area contributed by atoms with E-state index in [1.807, 2.05) is 0 Å². The molecular weight excluding hydrogens is 351 g/mol. The maximum atomic E-state index is 13.7. The van der Waals surface area contributed by atoms with Crippen LogP contribution >= 0.6 is 11.6 Å². The van der Waals surface area contributed by atoms with Crippen molar-refractivity contribution >= 4 is 27.3 Å². The molecule has 0 unspecified atom stereocenters. The molecule has 0 radical (unpaired) electrons. The van der Waals surface area contributed by atoms with Crippen molar-refractivity contribution in [2.75, 3.05) is 18.9 Å². The molecule has 0 fully saturated rings. The lowest BCUT2D eigenvalue weighted by Gasteiger charge is -2.15. The fraction of sp³-hybridized carbons (Fsp3) is 0.176. The van der Waals surface area contributed by atoms with E-state index < -0.39 is 10.0 Å². The SMILES string of the molecule is C=CCN(C)S(=O)(=O)c1ccc(NCc2c(F)cccc2Cl)cc1. The lowest BCUT2D eigenvalue weighted by atomic mass is 10.2. The van der Waals surface area contributed by atoms with E-state index in [0.29, 0.717) is 16.3 Å². The van der Waals surface area contributed by atoms with Gasteiger partial charge in [0.25, 0.3) is 0 Å². The van der Waals surface area contributed by atoms with Crippen molar-refractivity contribution in [2.45, 2.75) is 11.4 Å². The first-order valence-electron chi connectivity index (χ1n) is 7.20. The van der Waals surface area contributed by atoms with Crippen molar-refractivity contribution in [1.82, 2.24) is 4.31 Å².